The molecule has 1 aromatic heterocycles. The molecule has 0 aliphatic carbocycles. The number of piperidine rings is 1. The minimum atomic E-state index is -3.47. The highest BCUT2D eigenvalue weighted by Crippen LogP contribution is 2.35. The van der Waals surface area contributed by atoms with Gasteiger partial charge in [0.15, 0.2) is 0 Å². The predicted octanol–water partition coefficient (Wildman–Crippen LogP) is 2.96. The maximum atomic E-state index is 12.7. The van der Waals surface area contributed by atoms with Crippen molar-refractivity contribution < 1.29 is 8.42 Å². The number of hydrogen-bond acceptors (Lipinski definition) is 4. The molecule has 0 radical (unpaired) electrons. The molecule has 2 rings (SSSR count). The summed E-state index contributed by atoms with van der Waals surface area (Å²) < 4.78 is 27.6. The lowest BCUT2D eigenvalue weighted by molar-refractivity contribution is 0.187. The van der Waals surface area contributed by atoms with E-state index in [9.17, 15) is 8.42 Å². The Bertz CT molecular complexity index is 576. The summed E-state index contributed by atoms with van der Waals surface area (Å²) in [7, 11) is 0.226. The Morgan fingerprint density at radius 1 is 1.60 bits per heavy atom. The fourth-order valence-electron chi connectivity index (χ4n) is 2.43. The maximum absolute atomic E-state index is 12.7. The van der Waals surface area contributed by atoms with E-state index in [4.69, 9.17) is 11.6 Å². The molecule has 4 nitrogen and oxygen atoms in total. The fourth-order valence-corrected chi connectivity index (χ4v) is 6.52. The number of sulfonamides is 1. The first kappa shape index (κ1) is 16.7. The molecule has 1 fully saturated rings. The second-order valence-corrected chi connectivity index (χ2v) is 9.75. The van der Waals surface area contributed by atoms with Crippen molar-refractivity contribution in [3.05, 3.63) is 14.7 Å². The third-order valence-electron chi connectivity index (χ3n) is 3.61. The first-order chi connectivity index (χ1) is 9.36. The van der Waals surface area contributed by atoms with Crippen molar-refractivity contribution in [2.45, 2.75) is 29.7 Å². The lowest BCUT2D eigenvalue weighted by Gasteiger charge is -2.35. The van der Waals surface area contributed by atoms with E-state index in [0.29, 0.717) is 14.6 Å². The molecule has 1 unspecified atom stereocenters. The van der Waals surface area contributed by atoms with Gasteiger partial charge in [0.1, 0.15) is 4.90 Å². The number of thiophene rings is 1. The second-order valence-electron chi connectivity index (χ2n) is 5.06. The first-order valence-corrected chi connectivity index (χ1v) is 9.95. The van der Waals surface area contributed by atoms with Crippen LogP contribution in [-0.4, -0.2) is 50.8 Å². The van der Waals surface area contributed by atoms with E-state index in [-0.39, 0.29) is 6.04 Å². The number of likely N-dealkylation sites (tertiary alicyclic amines) is 1. The van der Waals surface area contributed by atoms with Gasteiger partial charge < -0.3 is 4.90 Å². The average molecular weight is 402 g/mol. The Kier molecular flexibility index (Phi) is 5.53. The molecule has 0 N–H and O–H groups in total. The lowest BCUT2D eigenvalue weighted by atomic mass is 10.1. The lowest BCUT2D eigenvalue weighted by Crippen LogP contribution is -2.47. The van der Waals surface area contributed by atoms with Crippen LogP contribution in [0.1, 0.15) is 17.7 Å². The van der Waals surface area contributed by atoms with Gasteiger partial charge in [-0.25, -0.2) is 8.42 Å². The molecule has 20 heavy (non-hydrogen) atoms. The fraction of sp³-hybridized carbons (Fsp3) is 0.667. The number of alkyl halides is 1. The van der Waals surface area contributed by atoms with Crippen molar-refractivity contribution in [3.63, 3.8) is 0 Å². The zero-order valence-electron chi connectivity index (χ0n) is 11.5. The van der Waals surface area contributed by atoms with Crippen LogP contribution in [0.4, 0.5) is 0 Å². The largest absolute Gasteiger partial charge is 0.305 e. The predicted molar refractivity (Wildman–Crippen MR) is 87.0 cm³/mol. The van der Waals surface area contributed by atoms with Crippen LogP contribution < -0.4 is 0 Å². The molecule has 1 saturated heterocycles. The summed E-state index contributed by atoms with van der Waals surface area (Å²) in [5.41, 5.74) is 0. The van der Waals surface area contributed by atoms with Gasteiger partial charge in [-0.05, 0) is 48.4 Å². The molecule has 0 saturated carbocycles. The summed E-state index contributed by atoms with van der Waals surface area (Å²) in [5, 5.41) is 0. The Morgan fingerprint density at radius 2 is 2.30 bits per heavy atom. The average Bonchev–Trinajstić information content (AvgIpc) is 2.80. The van der Waals surface area contributed by atoms with Crippen molar-refractivity contribution >= 4 is 48.9 Å². The first-order valence-electron chi connectivity index (χ1n) is 6.37. The summed E-state index contributed by atoms with van der Waals surface area (Å²) in [6.45, 7) is 1.81. The molecule has 0 bridgehead atoms. The van der Waals surface area contributed by atoms with Crippen molar-refractivity contribution in [1.29, 1.82) is 0 Å². The van der Waals surface area contributed by atoms with Crippen LogP contribution in [0.25, 0.3) is 0 Å². The van der Waals surface area contributed by atoms with E-state index >= 15 is 0 Å². The SMILES string of the molecule is CN1CCCC(N(C)S(=O)(=O)c2cc(CCl)sc2Br)C1. The van der Waals surface area contributed by atoms with Crippen molar-refractivity contribution in [1.82, 2.24) is 9.21 Å². The van der Waals surface area contributed by atoms with Gasteiger partial charge in [0.2, 0.25) is 10.0 Å². The summed E-state index contributed by atoms with van der Waals surface area (Å²) in [6.07, 6.45) is 1.93. The van der Waals surface area contributed by atoms with Crippen LogP contribution in [0.3, 0.4) is 0 Å². The number of hydrogen-bond donors (Lipinski definition) is 0. The quantitative estimate of drug-likeness (QED) is 0.728. The molecule has 0 aromatic carbocycles. The van der Waals surface area contributed by atoms with Gasteiger partial charge in [-0.15, -0.1) is 22.9 Å². The van der Waals surface area contributed by atoms with Crippen LogP contribution in [0.5, 0.6) is 0 Å². The van der Waals surface area contributed by atoms with Gasteiger partial charge in [0, 0.05) is 24.5 Å². The Morgan fingerprint density at radius 3 is 2.85 bits per heavy atom. The van der Waals surface area contributed by atoms with Gasteiger partial charge in [-0.3, -0.25) is 0 Å². The van der Waals surface area contributed by atoms with Crippen molar-refractivity contribution in [2.24, 2.45) is 0 Å². The van der Waals surface area contributed by atoms with Gasteiger partial charge in [0.05, 0.1) is 9.67 Å². The molecule has 2 heterocycles. The number of nitrogens with zero attached hydrogens (tertiary/aromatic N) is 2. The molecule has 1 aliphatic rings. The van der Waals surface area contributed by atoms with E-state index in [0.717, 1.165) is 30.8 Å². The number of halogens is 2. The highest BCUT2D eigenvalue weighted by atomic mass is 79.9. The summed E-state index contributed by atoms with van der Waals surface area (Å²) in [5.74, 6) is 0.328. The maximum Gasteiger partial charge on any atom is 0.245 e. The zero-order valence-corrected chi connectivity index (χ0v) is 15.4. The van der Waals surface area contributed by atoms with E-state index in [1.165, 1.54) is 15.6 Å². The van der Waals surface area contributed by atoms with Gasteiger partial charge in [-0.2, -0.15) is 4.31 Å². The van der Waals surface area contributed by atoms with Gasteiger partial charge in [-0.1, -0.05) is 0 Å². The van der Waals surface area contributed by atoms with Crippen LogP contribution in [0.15, 0.2) is 14.7 Å². The minimum absolute atomic E-state index is 0.0324. The van der Waals surface area contributed by atoms with E-state index in [1.54, 1.807) is 13.1 Å². The third kappa shape index (κ3) is 3.39. The van der Waals surface area contributed by atoms with E-state index in [2.05, 4.69) is 20.8 Å². The van der Waals surface area contributed by atoms with E-state index < -0.39 is 10.0 Å². The number of rotatable bonds is 4. The molecule has 0 amide bonds. The van der Waals surface area contributed by atoms with Gasteiger partial charge >= 0.3 is 0 Å². The highest BCUT2D eigenvalue weighted by molar-refractivity contribution is 9.11. The summed E-state index contributed by atoms with van der Waals surface area (Å²) in [4.78, 5) is 3.35. The molecular weight excluding hydrogens is 384 g/mol. The summed E-state index contributed by atoms with van der Waals surface area (Å²) >= 11 is 10.5. The molecule has 1 aliphatic heterocycles. The van der Waals surface area contributed by atoms with Gasteiger partial charge in [0.25, 0.3) is 0 Å². The molecule has 8 heteroatoms. The third-order valence-corrected chi connectivity index (χ3v) is 8.22. The van der Waals surface area contributed by atoms with Crippen molar-refractivity contribution in [3.8, 4) is 0 Å². The molecule has 0 spiro atoms. The van der Waals surface area contributed by atoms with Crippen LogP contribution in [0.2, 0.25) is 0 Å². The van der Waals surface area contributed by atoms with Crippen LogP contribution in [-0.2, 0) is 15.9 Å². The minimum Gasteiger partial charge on any atom is -0.305 e. The molecule has 114 valence electrons. The topological polar surface area (TPSA) is 40.6 Å². The normalized spacial score (nSPS) is 21.6. The standard InChI is InChI=1S/C12H18BrClN2O2S2/c1-15-5-3-4-9(8-15)16(2)20(17,18)11-6-10(7-14)19-12(11)13/h6,9H,3-5,7-8H2,1-2H3. The Balaban J connectivity index is 2.26. The molecular formula is C12H18BrClN2O2S2. The number of likely N-dealkylation sites (N-methyl/N-ethyl adjacent to an activating group) is 2. The monoisotopic (exact) mass is 400 g/mol. The Labute approximate surface area is 137 Å². The Hall–Kier alpha value is 0.340. The summed E-state index contributed by atoms with van der Waals surface area (Å²) in [6, 6.07) is 1.70. The molecule has 1 aromatic rings. The van der Waals surface area contributed by atoms with Crippen LogP contribution in [0, 0.1) is 0 Å². The van der Waals surface area contributed by atoms with Crippen LogP contribution >= 0.6 is 38.9 Å². The smallest absolute Gasteiger partial charge is 0.245 e. The zero-order chi connectivity index (χ0) is 14.9. The highest BCUT2D eigenvalue weighted by Gasteiger charge is 2.32. The molecule has 1 atom stereocenters. The van der Waals surface area contributed by atoms with Crippen molar-refractivity contribution in [2.75, 3.05) is 27.2 Å². The van der Waals surface area contributed by atoms with E-state index in [1.807, 2.05) is 7.05 Å². The second kappa shape index (κ2) is 6.62.